The Kier molecular flexibility index (Phi) is 3.71. The molecule has 0 saturated heterocycles. The van der Waals surface area contributed by atoms with E-state index in [-0.39, 0.29) is 0 Å². The highest BCUT2D eigenvalue weighted by Gasteiger charge is 2.16. The monoisotopic (exact) mass is 223 g/mol. The summed E-state index contributed by atoms with van der Waals surface area (Å²) < 4.78 is 0. The van der Waals surface area contributed by atoms with E-state index in [1.807, 2.05) is 18.2 Å². The maximum absolute atomic E-state index is 3.78. The van der Waals surface area contributed by atoms with Crippen molar-refractivity contribution >= 4 is 6.08 Å². The first-order chi connectivity index (χ1) is 8.29. The topological polar surface area (TPSA) is 12.9 Å². The second-order valence-corrected chi connectivity index (χ2v) is 4.26. The fourth-order valence-corrected chi connectivity index (χ4v) is 1.96. The smallest absolute Gasteiger partial charge is 0.0267 e. The Bertz CT molecular complexity index is 473. The van der Waals surface area contributed by atoms with Crippen molar-refractivity contribution in [2.75, 3.05) is 0 Å². The van der Waals surface area contributed by atoms with Gasteiger partial charge in [-0.1, -0.05) is 48.9 Å². The zero-order valence-corrected chi connectivity index (χ0v) is 10.3. The second-order valence-electron chi connectivity index (χ2n) is 4.26. The molecule has 1 aliphatic carbocycles. The van der Waals surface area contributed by atoms with E-state index in [0.29, 0.717) is 5.92 Å². The van der Waals surface area contributed by atoms with Gasteiger partial charge in [-0.25, -0.2) is 0 Å². The molecule has 1 atom stereocenters. The molecule has 1 aromatic heterocycles. The number of hydrogen-bond donors (Lipinski definition) is 0. The number of hydrogen-bond acceptors (Lipinski definition) is 1. The molecule has 86 valence electrons. The molecule has 0 N–H and O–H groups in total. The van der Waals surface area contributed by atoms with Crippen molar-refractivity contribution in [3.63, 3.8) is 0 Å². The molecule has 0 amide bonds. The first-order valence-electron chi connectivity index (χ1n) is 5.91. The fraction of sp³-hybridized carbons (Fsp3) is 0.188. The van der Waals surface area contributed by atoms with E-state index < -0.39 is 0 Å². The van der Waals surface area contributed by atoms with E-state index in [0.717, 1.165) is 0 Å². The van der Waals surface area contributed by atoms with Crippen LogP contribution in [0.2, 0.25) is 0 Å². The van der Waals surface area contributed by atoms with Gasteiger partial charge in [0.05, 0.1) is 0 Å². The molecule has 17 heavy (non-hydrogen) atoms. The molecule has 1 unspecified atom stereocenters. The van der Waals surface area contributed by atoms with Crippen molar-refractivity contribution in [1.29, 1.82) is 0 Å². The largest absolute Gasteiger partial charge is 0.265 e. The highest BCUT2D eigenvalue weighted by molar-refractivity contribution is 5.65. The first-order valence-corrected chi connectivity index (χ1v) is 5.91. The SMILES string of the molecule is CC1=Cc2ccccc2C1C.c1ccncc1. The van der Waals surface area contributed by atoms with Crippen molar-refractivity contribution in [1.82, 2.24) is 4.98 Å². The molecule has 2 aromatic rings. The Labute approximate surface area is 103 Å². The van der Waals surface area contributed by atoms with E-state index in [4.69, 9.17) is 0 Å². The van der Waals surface area contributed by atoms with Gasteiger partial charge in [0, 0.05) is 18.3 Å². The maximum atomic E-state index is 3.78. The minimum atomic E-state index is 0.631. The summed E-state index contributed by atoms with van der Waals surface area (Å²) in [6.45, 7) is 4.46. The lowest BCUT2D eigenvalue weighted by Gasteiger charge is -2.05. The van der Waals surface area contributed by atoms with Gasteiger partial charge in [0.2, 0.25) is 0 Å². The number of pyridine rings is 1. The molecule has 1 nitrogen and oxygen atoms in total. The summed E-state index contributed by atoms with van der Waals surface area (Å²) in [6.07, 6.45) is 5.78. The Morgan fingerprint density at radius 2 is 1.65 bits per heavy atom. The zero-order chi connectivity index (χ0) is 12.1. The lowest BCUT2D eigenvalue weighted by Crippen LogP contribution is -1.88. The molecule has 0 fully saturated rings. The van der Waals surface area contributed by atoms with Gasteiger partial charge in [-0.2, -0.15) is 0 Å². The molecule has 0 radical (unpaired) electrons. The average Bonchev–Trinajstić information content (AvgIpc) is 2.69. The predicted octanol–water partition coefficient (Wildman–Crippen LogP) is 4.29. The van der Waals surface area contributed by atoms with Gasteiger partial charge >= 0.3 is 0 Å². The Balaban J connectivity index is 0.000000153. The van der Waals surface area contributed by atoms with Crippen LogP contribution in [0.4, 0.5) is 0 Å². The van der Waals surface area contributed by atoms with Crippen molar-refractivity contribution < 1.29 is 0 Å². The molecule has 0 aliphatic heterocycles. The summed E-state index contributed by atoms with van der Waals surface area (Å²) in [6, 6.07) is 14.3. The zero-order valence-electron chi connectivity index (χ0n) is 10.3. The van der Waals surface area contributed by atoms with Crippen LogP contribution in [0.1, 0.15) is 30.9 Å². The third-order valence-corrected chi connectivity index (χ3v) is 3.10. The number of rotatable bonds is 0. The van der Waals surface area contributed by atoms with Crippen molar-refractivity contribution in [2.45, 2.75) is 19.8 Å². The summed E-state index contributed by atoms with van der Waals surface area (Å²) in [7, 11) is 0. The summed E-state index contributed by atoms with van der Waals surface area (Å²) in [5.41, 5.74) is 4.36. The summed E-state index contributed by atoms with van der Waals surface area (Å²) in [5, 5.41) is 0. The van der Waals surface area contributed by atoms with E-state index in [2.05, 4.69) is 49.2 Å². The van der Waals surface area contributed by atoms with Gasteiger partial charge in [0.1, 0.15) is 0 Å². The summed E-state index contributed by atoms with van der Waals surface area (Å²) >= 11 is 0. The minimum absolute atomic E-state index is 0.631. The minimum Gasteiger partial charge on any atom is -0.265 e. The predicted molar refractivity (Wildman–Crippen MR) is 72.7 cm³/mol. The standard InChI is InChI=1S/C11H12.C5H5N/c1-8-7-10-5-3-4-6-11(10)9(8)2;1-2-4-6-5-3-1/h3-7,9H,1-2H3;1-5H. The van der Waals surface area contributed by atoms with Gasteiger partial charge in [-0.05, 0) is 30.2 Å². The summed E-state index contributed by atoms with van der Waals surface area (Å²) in [5.74, 6) is 0.631. The maximum Gasteiger partial charge on any atom is 0.0267 e. The van der Waals surface area contributed by atoms with E-state index in [9.17, 15) is 0 Å². The van der Waals surface area contributed by atoms with Gasteiger partial charge in [0.15, 0.2) is 0 Å². The van der Waals surface area contributed by atoms with Crippen LogP contribution < -0.4 is 0 Å². The number of benzene rings is 1. The quantitative estimate of drug-likeness (QED) is 0.649. The van der Waals surface area contributed by atoms with Gasteiger partial charge < -0.3 is 0 Å². The number of aromatic nitrogens is 1. The van der Waals surface area contributed by atoms with Gasteiger partial charge in [-0.15, -0.1) is 0 Å². The molecule has 0 saturated carbocycles. The Morgan fingerprint density at radius 3 is 2.18 bits per heavy atom. The van der Waals surface area contributed by atoms with Crippen LogP contribution in [0.5, 0.6) is 0 Å². The van der Waals surface area contributed by atoms with Crippen molar-refractivity contribution in [2.24, 2.45) is 0 Å². The number of allylic oxidation sites excluding steroid dienone is 1. The highest BCUT2D eigenvalue weighted by Crippen LogP contribution is 2.34. The fourth-order valence-electron chi connectivity index (χ4n) is 1.96. The Morgan fingerprint density at radius 1 is 0.941 bits per heavy atom. The third-order valence-electron chi connectivity index (χ3n) is 3.10. The lowest BCUT2D eigenvalue weighted by atomic mass is 9.99. The van der Waals surface area contributed by atoms with Crippen LogP contribution in [-0.4, -0.2) is 4.98 Å². The Hall–Kier alpha value is -1.89. The van der Waals surface area contributed by atoms with E-state index >= 15 is 0 Å². The molecule has 3 rings (SSSR count). The third kappa shape index (κ3) is 2.82. The van der Waals surface area contributed by atoms with Gasteiger partial charge in [0.25, 0.3) is 0 Å². The number of fused-ring (bicyclic) bond motifs is 1. The summed E-state index contributed by atoms with van der Waals surface area (Å²) in [4.78, 5) is 3.78. The van der Waals surface area contributed by atoms with Crippen LogP contribution in [0.25, 0.3) is 6.08 Å². The lowest BCUT2D eigenvalue weighted by molar-refractivity contribution is 0.921. The van der Waals surface area contributed by atoms with Crippen molar-refractivity contribution in [3.8, 4) is 0 Å². The molecule has 0 bridgehead atoms. The van der Waals surface area contributed by atoms with Crippen LogP contribution in [0, 0.1) is 0 Å². The van der Waals surface area contributed by atoms with E-state index in [1.165, 1.54) is 16.7 Å². The van der Waals surface area contributed by atoms with Crippen LogP contribution >= 0.6 is 0 Å². The molecular weight excluding hydrogens is 206 g/mol. The highest BCUT2D eigenvalue weighted by atomic mass is 14.6. The molecular formula is C16H17N. The first kappa shape index (κ1) is 11.6. The van der Waals surface area contributed by atoms with E-state index in [1.54, 1.807) is 12.4 Å². The molecule has 1 heteroatoms. The second kappa shape index (κ2) is 5.44. The molecule has 1 aromatic carbocycles. The normalized spacial score (nSPS) is 16.6. The molecule has 0 spiro atoms. The van der Waals surface area contributed by atoms with Crippen molar-refractivity contribution in [3.05, 3.63) is 71.6 Å². The number of nitrogens with zero attached hydrogens (tertiary/aromatic N) is 1. The molecule has 1 aliphatic rings. The molecule has 1 heterocycles. The van der Waals surface area contributed by atoms with Crippen LogP contribution in [-0.2, 0) is 0 Å². The van der Waals surface area contributed by atoms with Crippen LogP contribution in [0.15, 0.2) is 60.4 Å². The average molecular weight is 223 g/mol. The van der Waals surface area contributed by atoms with Crippen LogP contribution in [0.3, 0.4) is 0 Å². The van der Waals surface area contributed by atoms with Gasteiger partial charge in [-0.3, -0.25) is 4.98 Å².